The van der Waals surface area contributed by atoms with Crippen LogP contribution >= 0.6 is 0 Å². The number of halogens is 3. The third kappa shape index (κ3) is 3.34. The van der Waals surface area contributed by atoms with Gasteiger partial charge in [-0.25, -0.2) is 9.97 Å². The van der Waals surface area contributed by atoms with Crippen LogP contribution < -0.4 is 0 Å². The second kappa shape index (κ2) is 5.90. The molecule has 1 N–H and O–H groups in total. The molecule has 0 aromatic carbocycles. The normalized spacial score (nSPS) is 22.5. The number of carbonyl (C=O) groups excluding carboxylic acids is 1. The summed E-state index contributed by atoms with van der Waals surface area (Å²) in [6.45, 7) is 1.79. The van der Waals surface area contributed by atoms with Crippen molar-refractivity contribution in [2.45, 2.75) is 32.0 Å². The average Bonchev–Trinajstić information content (AvgIpc) is 2.46. The van der Waals surface area contributed by atoms with Gasteiger partial charge in [0.1, 0.15) is 0 Å². The van der Waals surface area contributed by atoms with Crippen molar-refractivity contribution in [2.24, 2.45) is 5.92 Å². The zero-order chi connectivity index (χ0) is 16.5. The zero-order valence-electron chi connectivity index (χ0n) is 11.7. The summed E-state index contributed by atoms with van der Waals surface area (Å²) in [5, 5.41) is 9.03. The summed E-state index contributed by atoms with van der Waals surface area (Å²) in [4.78, 5) is 31.0. The number of carboxylic acids is 1. The molecule has 6 nitrogen and oxygen atoms in total. The summed E-state index contributed by atoms with van der Waals surface area (Å²) in [5.41, 5.74) is -0.0918. The van der Waals surface area contributed by atoms with E-state index in [9.17, 15) is 22.8 Å². The van der Waals surface area contributed by atoms with E-state index in [1.807, 2.05) is 0 Å². The number of carbonyl (C=O) groups is 2. The fourth-order valence-corrected chi connectivity index (χ4v) is 2.34. The van der Waals surface area contributed by atoms with Gasteiger partial charge in [-0.2, -0.15) is 13.2 Å². The highest BCUT2D eigenvalue weighted by Crippen LogP contribution is 2.26. The molecule has 1 fully saturated rings. The van der Waals surface area contributed by atoms with E-state index < -0.39 is 29.8 Å². The molecular formula is C13H14F3N3O3. The Balaban J connectivity index is 2.17. The van der Waals surface area contributed by atoms with Crippen LogP contribution in [0.1, 0.15) is 35.9 Å². The van der Waals surface area contributed by atoms with E-state index in [0.717, 1.165) is 12.4 Å². The number of likely N-dealkylation sites (tertiary alicyclic amines) is 1. The Morgan fingerprint density at radius 3 is 2.36 bits per heavy atom. The first-order valence-corrected chi connectivity index (χ1v) is 6.63. The third-order valence-corrected chi connectivity index (χ3v) is 3.64. The number of carboxylic acid groups (broad SMARTS) is 1. The summed E-state index contributed by atoms with van der Waals surface area (Å²) in [6, 6.07) is -0.189. The summed E-state index contributed by atoms with van der Waals surface area (Å²) >= 11 is 0. The number of rotatable bonds is 2. The minimum absolute atomic E-state index is 0.0242. The zero-order valence-corrected chi connectivity index (χ0v) is 11.7. The monoisotopic (exact) mass is 317 g/mol. The number of nitrogens with zero attached hydrogens (tertiary/aromatic N) is 3. The van der Waals surface area contributed by atoms with Crippen LogP contribution in [0.15, 0.2) is 12.4 Å². The lowest BCUT2D eigenvalue weighted by Gasteiger charge is -2.36. The number of hydrogen-bond donors (Lipinski definition) is 1. The molecule has 1 saturated heterocycles. The van der Waals surface area contributed by atoms with Crippen LogP contribution in [0.5, 0.6) is 0 Å². The van der Waals surface area contributed by atoms with Crippen molar-refractivity contribution in [3.8, 4) is 0 Å². The third-order valence-electron chi connectivity index (χ3n) is 3.64. The van der Waals surface area contributed by atoms with Crippen LogP contribution in [0, 0.1) is 5.92 Å². The molecule has 0 saturated carbocycles. The molecule has 0 bridgehead atoms. The van der Waals surface area contributed by atoms with Gasteiger partial charge < -0.3 is 10.0 Å². The van der Waals surface area contributed by atoms with Crippen LogP contribution in [0.3, 0.4) is 0 Å². The molecule has 1 aliphatic heterocycles. The van der Waals surface area contributed by atoms with Gasteiger partial charge in [0, 0.05) is 25.0 Å². The van der Waals surface area contributed by atoms with Crippen molar-refractivity contribution in [1.29, 1.82) is 0 Å². The summed E-state index contributed by atoms with van der Waals surface area (Å²) < 4.78 is 37.2. The molecule has 1 aromatic rings. The van der Waals surface area contributed by atoms with Crippen molar-refractivity contribution in [3.05, 3.63) is 23.8 Å². The summed E-state index contributed by atoms with van der Waals surface area (Å²) in [7, 11) is 0. The van der Waals surface area contributed by atoms with Crippen molar-refractivity contribution in [2.75, 3.05) is 6.54 Å². The minimum Gasteiger partial charge on any atom is -0.481 e. The molecule has 0 spiro atoms. The van der Waals surface area contributed by atoms with Gasteiger partial charge in [0.25, 0.3) is 5.91 Å². The molecule has 0 aliphatic carbocycles. The van der Waals surface area contributed by atoms with Gasteiger partial charge in [-0.15, -0.1) is 0 Å². The maximum atomic E-state index is 12.4. The van der Waals surface area contributed by atoms with E-state index in [-0.39, 0.29) is 18.2 Å². The van der Waals surface area contributed by atoms with Crippen molar-refractivity contribution < 1.29 is 27.9 Å². The highest BCUT2D eigenvalue weighted by Gasteiger charge is 2.36. The van der Waals surface area contributed by atoms with Gasteiger partial charge in [0.05, 0.1) is 11.5 Å². The number of aliphatic carboxylic acids is 1. The topological polar surface area (TPSA) is 83.4 Å². The highest BCUT2D eigenvalue weighted by molar-refractivity contribution is 5.94. The second-order valence-electron chi connectivity index (χ2n) is 5.21. The van der Waals surface area contributed by atoms with Gasteiger partial charge >= 0.3 is 12.1 Å². The lowest BCUT2D eigenvalue weighted by Crippen LogP contribution is -2.47. The van der Waals surface area contributed by atoms with Gasteiger partial charge in [-0.1, -0.05) is 0 Å². The molecule has 1 aliphatic rings. The summed E-state index contributed by atoms with van der Waals surface area (Å²) in [5.74, 6) is -3.55. The standard InChI is InChI=1S/C13H14F3N3O3/c1-7-2-3-8(11(21)22)6-19(7)10(20)9-4-17-12(18-5-9)13(14,15)16/h4-5,7-8H,2-3,6H2,1H3,(H,21,22). The predicted octanol–water partition coefficient (Wildman–Crippen LogP) is 1.82. The van der Waals surface area contributed by atoms with Crippen molar-refractivity contribution >= 4 is 11.9 Å². The van der Waals surface area contributed by atoms with E-state index in [1.54, 1.807) is 6.92 Å². The fraction of sp³-hybridized carbons (Fsp3) is 0.538. The second-order valence-corrected chi connectivity index (χ2v) is 5.21. The first-order chi connectivity index (χ1) is 10.2. The number of aromatic nitrogens is 2. The molecule has 0 radical (unpaired) electrons. The largest absolute Gasteiger partial charge is 0.481 e. The SMILES string of the molecule is CC1CCC(C(=O)O)CN1C(=O)c1cnc(C(F)(F)F)nc1. The van der Waals surface area contributed by atoms with Crippen LogP contribution in [-0.4, -0.2) is 44.4 Å². The molecular weight excluding hydrogens is 303 g/mol. The Hall–Kier alpha value is -2.19. The van der Waals surface area contributed by atoms with Gasteiger partial charge in [0.2, 0.25) is 5.82 Å². The molecule has 22 heavy (non-hydrogen) atoms. The Morgan fingerprint density at radius 1 is 1.27 bits per heavy atom. The van der Waals surface area contributed by atoms with E-state index in [0.29, 0.717) is 12.8 Å². The number of hydrogen-bond acceptors (Lipinski definition) is 4. The Kier molecular flexibility index (Phi) is 4.34. The first-order valence-electron chi connectivity index (χ1n) is 6.63. The van der Waals surface area contributed by atoms with Crippen molar-refractivity contribution in [3.63, 3.8) is 0 Å². The highest BCUT2D eigenvalue weighted by atomic mass is 19.4. The van der Waals surface area contributed by atoms with Gasteiger partial charge in [-0.05, 0) is 19.8 Å². The van der Waals surface area contributed by atoms with Crippen molar-refractivity contribution in [1.82, 2.24) is 14.9 Å². The lowest BCUT2D eigenvalue weighted by atomic mass is 9.93. The Bertz CT molecular complexity index is 574. The number of amides is 1. The van der Waals surface area contributed by atoms with Crippen LogP contribution in [0.2, 0.25) is 0 Å². The number of alkyl halides is 3. The van der Waals surface area contributed by atoms with E-state index in [4.69, 9.17) is 5.11 Å². The molecule has 1 amide bonds. The summed E-state index contributed by atoms with van der Waals surface area (Å²) in [6.07, 6.45) is -2.06. The molecule has 9 heteroatoms. The first kappa shape index (κ1) is 16.2. The Labute approximate surface area is 124 Å². The van der Waals surface area contributed by atoms with Gasteiger partial charge in [-0.3, -0.25) is 9.59 Å². The molecule has 2 unspecified atom stereocenters. The average molecular weight is 317 g/mol. The smallest absolute Gasteiger partial charge is 0.451 e. The molecule has 2 rings (SSSR count). The quantitative estimate of drug-likeness (QED) is 0.899. The van der Waals surface area contributed by atoms with Crippen LogP contribution in [0.4, 0.5) is 13.2 Å². The number of piperidine rings is 1. The molecule has 2 heterocycles. The van der Waals surface area contributed by atoms with E-state index >= 15 is 0 Å². The van der Waals surface area contributed by atoms with E-state index in [2.05, 4.69) is 9.97 Å². The maximum Gasteiger partial charge on any atom is 0.451 e. The maximum absolute atomic E-state index is 12.4. The Morgan fingerprint density at radius 2 is 1.86 bits per heavy atom. The molecule has 120 valence electrons. The van der Waals surface area contributed by atoms with E-state index in [1.165, 1.54) is 4.90 Å². The van der Waals surface area contributed by atoms with Crippen LogP contribution in [0.25, 0.3) is 0 Å². The lowest BCUT2D eigenvalue weighted by molar-refractivity contribution is -0.145. The molecule has 2 atom stereocenters. The minimum atomic E-state index is -4.67. The van der Waals surface area contributed by atoms with Crippen LogP contribution in [-0.2, 0) is 11.0 Å². The fourth-order valence-electron chi connectivity index (χ4n) is 2.34. The predicted molar refractivity (Wildman–Crippen MR) is 67.9 cm³/mol. The van der Waals surface area contributed by atoms with Gasteiger partial charge in [0.15, 0.2) is 0 Å². The molecule has 1 aromatic heterocycles.